The zero-order chi connectivity index (χ0) is 18.9. The van der Waals surface area contributed by atoms with E-state index in [2.05, 4.69) is 9.88 Å². The molecule has 0 unspecified atom stereocenters. The van der Waals surface area contributed by atoms with Gasteiger partial charge in [-0.15, -0.1) is 0 Å². The number of fused-ring (bicyclic) bond motifs is 2. The molecule has 1 saturated heterocycles. The number of ether oxygens (including phenoxy) is 3. The van der Waals surface area contributed by atoms with Crippen LogP contribution in [0.25, 0.3) is 10.8 Å². The van der Waals surface area contributed by atoms with Gasteiger partial charge in [0.25, 0.3) is 0 Å². The predicted octanol–water partition coefficient (Wildman–Crippen LogP) is 2.98. The van der Waals surface area contributed by atoms with Crippen LogP contribution in [0.4, 0.5) is 0 Å². The summed E-state index contributed by atoms with van der Waals surface area (Å²) in [6, 6.07) is 13.8. The van der Waals surface area contributed by atoms with Gasteiger partial charge in [0.1, 0.15) is 18.0 Å². The molecule has 3 heterocycles. The SMILES string of the molecule is O[C@@H]1CN(Cc2cccc3c2OCO3)CC[C@H]1Oc1cccc2cnccc12. The first kappa shape index (κ1) is 17.3. The van der Waals surface area contributed by atoms with E-state index in [0.29, 0.717) is 6.54 Å². The molecule has 0 spiro atoms. The second kappa shape index (κ2) is 7.30. The van der Waals surface area contributed by atoms with Gasteiger partial charge in [-0.05, 0) is 24.6 Å². The summed E-state index contributed by atoms with van der Waals surface area (Å²) in [6.07, 6.45) is 3.56. The summed E-state index contributed by atoms with van der Waals surface area (Å²) >= 11 is 0. The average molecular weight is 378 g/mol. The number of piperidine rings is 1. The Balaban J connectivity index is 1.27. The number of benzene rings is 2. The Morgan fingerprint density at radius 3 is 3.00 bits per heavy atom. The van der Waals surface area contributed by atoms with Crippen LogP contribution in [0.5, 0.6) is 17.2 Å². The number of hydrogen-bond acceptors (Lipinski definition) is 6. The van der Waals surface area contributed by atoms with Crippen molar-refractivity contribution < 1.29 is 19.3 Å². The third kappa shape index (κ3) is 3.25. The first-order valence-electron chi connectivity index (χ1n) is 9.55. The van der Waals surface area contributed by atoms with Gasteiger partial charge in [-0.25, -0.2) is 0 Å². The maximum Gasteiger partial charge on any atom is 0.231 e. The first-order chi connectivity index (χ1) is 13.8. The van der Waals surface area contributed by atoms with Crippen LogP contribution in [0.1, 0.15) is 12.0 Å². The lowest BCUT2D eigenvalue weighted by Crippen LogP contribution is -2.48. The lowest BCUT2D eigenvalue weighted by atomic mass is 10.0. The number of pyridine rings is 1. The number of hydrogen-bond donors (Lipinski definition) is 1. The van der Waals surface area contributed by atoms with E-state index in [9.17, 15) is 5.11 Å². The standard InChI is InChI=1S/C22H22N2O4/c25-18-13-24(12-16-4-2-6-21-22(16)27-14-26-21)10-8-20(18)28-19-5-1-3-15-11-23-9-7-17(15)19/h1-7,9,11,18,20,25H,8,10,12-14H2/t18-,20-/m1/s1. The van der Waals surface area contributed by atoms with E-state index in [-0.39, 0.29) is 12.9 Å². The summed E-state index contributed by atoms with van der Waals surface area (Å²) < 4.78 is 17.3. The molecule has 2 aliphatic rings. The molecule has 0 radical (unpaired) electrons. The van der Waals surface area contributed by atoms with Crippen LogP contribution in [0, 0.1) is 0 Å². The summed E-state index contributed by atoms with van der Waals surface area (Å²) in [7, 11) is 0. The molecule has 1 N–H and O–H groups in total. The summed E-state index contributed by atoms with van der Waals surface area (Å²) in [6.45, 7) is 2.39. The summed E-state index contributed by atoms with van der Waals surface area (Å²) in [4.78, 5) is 6.39. The lowest BCUT2D eigenvalue weighted by Gasteiger charge is -2.36. The molecule has 3 aromatic rings. The molecule has 0 saturated carbocycles. The molecule has 0 bridgehead atoms. The normalized spacial score (nSPS) is 21.8. The fraction of sp³-hybridized carbons (Fsp3) is 0.318. The van der Waals surface area contributed by atoms with Gasteiger partial charge in [-0.1, -0.05) is 24.3 Å². The highest BCUT2D eigenvalue weighted by Gasteiger charge is 2.30. The van der Waals surface area contributed by atoms with Gasteiger partial charge in [0.05, 0.1) is 0 Å². The Morgan fingerprint density at radius 2 is 2.07 bits per heavy atom. The Morgan fingerprint density at radius 1 is 1.14 bits per heavy atom. The maximum atomic E-state index is 10.7. The van der Waals surface area contributed by atoms with Gasteiger partial charge in [-0.2, -0.15) is 0 Å². The molecule has 1 aromatic heterocycles. The molecule has 2 atom stereocenters. The Hall–Kier alpha value is -2.83. The van der Waals surface area contributed by atoms with Crippen LogP contribution in [0.3, 0.4) is 0 Å². The van der Waals surface area contributed by atoms with Crippen LogP contribution >= 0.6 is 0 Å². The Kier molecular flexibility index (Phi) is 4.50. The van der Waals surface area contributed by atoms with E-state index in [1.807, 2.05) is 48.7 Å². The van der Waals surface area contributed by atoms with E-state index >= 15 is 0 Å². The molecule has 0 aliphatic carbocycles. The van der Waals surface area contributed by atoms with Crippen molar-refractivity contribution in [2.45, 2.75) is 25.2 Å². The Labute approximate surface area is 163 Å². The van der Waals surface area contributed by atoms with Gasteiger partial charge in [0, 0.05) is 48.4 Å². The minimum Gasteiger partial charge on any atom is -0.487 e. The molecule has 28 heavy (non-hydrogen) atoms. The largest absolute Gasteiger partial charge is 0.487 e. The van der Waals surface area contributed by atoms with Gasteiger partial charge in [-0.3, -0.25) is 9.88 Å². The third-order valence-corrected chi connectivity index (χ3v) is 5.40. The van der Waals surface area contributed by atoms with E-state index in [1.54, 1.807) is 6.20 Å². The van der Waals surface area contributed by atoms with Crippen molar-refractivity contribution in [3.05, 3.63) is 60.4 Å². The monoisotopic (exact) mass is 378 g/mol. The van der Waals surface area contributed by atoms with Crippen molar-refractivity contribution >= 4 is 10.8 Å². The van der Waals surface area contributed by atoms with Gasteiger partial charge >= 0.3 is 0 Å². The topological polar surface area (TPSA) is 64.1 Å². The predicted molar refractivity (Wildman–Crippen MR) is 105 cm³/mol. The molecule has 5 rings (SSSR count). The molecule has 0 amide bonds. The maximum absolute atomic E-state index is 10.7. The number of aliphatic hydroxyl groups is 1. The minimum absolute atomic E-state index is 0.226. The zero-order valence-corrected chi connectivity index (χ0v) is 15.5. The number of likely N-dealkylation sites (tertiary alicyclic amines) is 1. The minimum atomic E-state index is -0.556. The molecule has 1 fully saturated rings. The molecule has 6 nitrogen and oxygen atoms in total. The quantitative estimate of drug-likeness (QED) is 0.753. The van der Waals surface area contributed by atoms with Crippen LogP contribution < -0.4 is 14.2 Å². The first-order valence-corrected chi connectivity index (χ1v) is 9.55. The molecule has 6 heteroatoms. The van der Waals surface area contributed by atoms with Gasteiger partial charge < -0.3 is 19.3 Å². The van der Waals surface area contributed by atoms with Crippen LogP contribution in [0.15, 0.2) is 54.9 Å². The number of aromatic nitrogens is 1. The van der Waals surface area contributed by atoms with Crippen LogP contribution in [-0.4, -0.2) is 47.1 Å². The number of aliphatic hydroxyl groups excluding tert-OH is 1. The van der Waals surface area contributed by atoms with Crippen molar-refractivity contribution in [1.29, 1.82) is 0 Å². The molecule has 144 valence electrons. The van der Waals surface area contributed by atoms with E-state index in [1.165, 1.54) is 0 Å². The van der Waals surface area contributed by atoms with Crippen molar-refractivity contribution in [3.63, 3.8) is 0 Å². The number of rotatable bonds is 4. The number of nitrogens with zero attached hydrogens (tertiary/aromatic N) is 2. The number of para-hydroxylation sites is 1. The van der Waals surface area contributed by atoms with Gasteiger partial charge in [0.2, 0.25) is 6.79 Å². The summed E-state index contributed by atoms with van der Waals surface area (Å²) in [5, 5.41) is 12.8. The highest BCUT2D eigenvalue weighted by atomic mass is 16.7. The van der Waals surface area contributed by atoms with Crippen molar-refractivity contribution in [1.82, 2.24) is 9.88 Å². The molecular weight excluding hydrogens is 356 g/mol. The van der Waals surface area contributed by atoms with E-state index in [4.69, 9.17) is 14.2 Å². The van der Waals surface area contributed by atoms with Crippen molar-refractivity contribution in [3.8, 4) is 17.2 Å². The highest BCUT2D eigenvalue weighted by Crippen LogP contribution is 2.36. The molecule has 2 aromatic carbocycles. The number of β-amino-alcohol motifs (C(OH)–C–C–N with tert-alkyl or cyclic N) is 1. The average Bonchev–Trinajstić information content (AvgIpc) is 3.20. The molecule has 2 aliphatic heterocycles. The molecular formula is C22H22N2O4. The van der Waals surface area contributed by atoms with Crippen molar-refractivity contribution in [2.75, 3.05) is 19.9 Å². The summed E-state index contributed by atoms with van der Waals surface area (Å²) in [5.41, 5.74) is 1.09. The Bertz CT molecular complexity index is 988. The summed E-state index contributed by atoms with van der Waals surface area (Å²) in [5.74, 6) is 2.41. The highest BCUT2D eigenvalue weighted by molar-refractivity contribution is 5.87. The third-order valence-electron chi connectivity index (χ3n) is 5.40. The van der Waals surface area contributed by atoms with Gasteiger partial charge in [0.15, 0.2) is 11.5 Å². The smallest absolute Gasteiger partial charge is 0.231 e. The van der Waals surface area contributed by atoms with Crippen molar-refractivity contribution in [2.24, 2.45) is 0 Å². The van der Waals surface area contributed by atoms with Crippen LogP contribution in [0.2, 0.25) is 0 Å². The second-order valence-electron chi connectivity index (χ2n) is 7.25. The fourth-order valence-corrected chi connectivity index (χ4v) is 3.97. The second-order valence-corrected chi connectivity index (χ2v) is 7.25. The van der Waals surface area contributed by atoms with E-state index < -0.39 is 6.10 Å². The fourth-order valence-electron chi connectivity index (χ4n) is 3.97. The van der Waals surface area contributed by atoms with E-state index in [0.717, 1.165) is 53.1 Å². The van der Waals surface area contributed by atoms with Crippen LogP contribution in [-0.2, 0) is 6.54 Å². The zero-order valence-electron chi connectivity index (χ0n) is 15.5. The lowest BCUT2D eigenvalue weighted by molar-refractivity contribution is -0.0270.